The summed E-state index contributed by atoms with van der Waals surface area (Å²) in [5, 5.41) is 3.71. The van der Waals surface area contributed by atoms with Crippen LogP contribution in [0.5, 0.6) is 0 Å². The lowest BCUT2D eigenvalue weighted by atomic mass is 9.88. The summed E-state index contributed by atoms with van der Waals surface area (Å²) < 4.78 is 27.6. The van der Waals surface area contributed by atoms with Gasteiger partial charge in [0.25, 0.3) is 12.3 Å². The van der Waals surface area contributed by atoms with Gasteiger partial charge < -0.3 is 9.80 Å². The van der Waals surface area contributed by atoms with E-state index >= 15 is 0 Å². The zero-order valence-electron chi connectivity index (χ0n) is 15.5. The molecule has 0 radical (unpaired) electrons. The summed E-state index contributed by atoms with van der Waals surface area (Å²) >= 11 is 0. The Morgan fingerprint density at radius 3 is 2.89 bits per heavy atom. The van der Waals surface area contributed by atoms with Gasteiger partial charge in [0.1, 0.15) is 5.69 Å². The Hall–Kier alpha value is -2.84. The molecular weight excluding hydrogens is 368 g/mol. The number of hydrogen-bond acceptors (Lipinski definition) is 4. The van der Waals surface area contributed by atoms with Crippen molar-refractivity contribution in [1.82, 2.24) is 24.6 Å². The number of alkyl halides is 2. The van der Waals surface area contributed by atoms with Gasteiger partial charge in [-0.3, -0.25) is 19.3 Å². The van der Waals surface area contributed by atoms with Crippen LogP contribution in [0.25, 0.3) is 0 Å². The highest BCUT2D eigenvalue weighted by Crippen LogP contribution is 2.34. The second kappa shape index (κ2) is 7.29. The standard InChI is InChI=1S/C19H21F2N5O2/c1-24-10-15(16(23-24)17(20)21)19(28)26-9-13-4-6-25(18(27)14(13)11-26)8-12-3-2-5-22-7-12/h2-3,5,7,10,13-14,17H,4,6,8-9,11H2,1H3/t13-,14+/m0/s1. The second-order valence-corrected chi connectivity index (χ2v) is 7.39. The molecule has 2 aromatic rings. The molecule has 2 saturated heterocycles. The predicted octanol–water partition coefficient (Wildman–Crippen LogP) is 1.87. The van der Waals surface area contributed by atoms with Gasteiger partial charge in [-0.05, 0) is 24.0 Å². The average Bonchev–Trinajstić information content (AvgIpc) is 3.29. The average molecular weight is 389 g/mol. The molecule has 0 N–H and O–H groups in total. The molecule has 0 bridgehead atoms. The fourth-order valence-corrected chi connectivity index (χ4v) is 4.15. The van der Waals surface area contributed by atoms with Gasteiger partial charge in [-0.15, -0.1) is 0 Å². The van der Waals surface area contributed by atoms with E-state index in [1.165, 1.54) is 22.8 Å². The van der Waals surface area contributed by atoms with Crippen LogP contribution in [-0.4, -0.2) is 56.0 Å². The Morgan fingerprint density at radius 1 is 1.36 bits per heavy atom. The monoisotopic (exact) mass is 389 g/mol. The molecule has 0 aromatic carbocycles. The summed E-state index contributed by atoms with van der Waals surface area (Å²) in [4.78, 5) is 33.1. The first-order chi connectivity index (χ1) is 13.4. The smallest absolute Gasteiger partial charge is 0.282 e. The van der Waals surface area contributed by atoms with E-state index in [4.69, 9.17) is 0 Å². The third kappa shape index (κ3) is 3.36. The van der Waals surface area contributed by atoms with Crippen LogP contribution in [0.15, 0.2) is 30.7 Å². The van der Waals surface area contributed by atoms with Crippen LogP contribution < -0.4 is 0 Å². The first-order valence-electron chi connectivity index (χ1n) is 9.22. The van der Waals surface area contributed by atoms with Gasteiger partial charge in [-0.1, -0.05) is 6.07 Å². The molecule has 0 aliphatic carbocycles. The summed E-state index contributed by atoms with van der Waals surface area (Å²) in [7, 11) is 1.51. The fraction of sp³-hybridized carbons (Fsp3) is 0.474. The molecule has 4 heterocycles. The van der Waals surface area contributed by atoms with Crippen LogP contribution in [0.1, 0.15) is 34.5 Å². The number of carbonyl (C=O) groups excluding carboxylic acids is 2. The van der Waals surface area contributed by atoms with Crippen molar-refractivity contribution in [3.8, 4) is 0 Å². The van der Waals surface area contributed by atoms with E-state index in [0.29, 0.717) is 19.6 Å². The number of piperidine rings is 1. The highest BCUT2D eigenvalue weighted by molar-refractivity contribution is 5.96. The number of pyridine rings is 1. The molecule has 2 aliphatic heterocycles. The van der Waals surface area contributed by atoms with Crippen LogP contribution in [-0.2, 0) is 18.4 Å². The molecule has 0 spiro atoms. The van der Waals surface area contributed by atoms with Crippen molar-refractivity contribution in [2.75, 3.05) is 19.6 Å². The minimum Gasteiger partial charge on any atom is -0.338 e. The van der Waals surface area contributed by atoms with Gasteiger partial charge in [0.05, 0.1) is 11.5 Å². The Labute approximate surface area is 160 Å². The highest BCUT2D eigenvalue weighted by Gasteiger charge is 2.45. The predicted molar refractivity (Wildman–Crippen MR) is 95.3 cm³/mol. The minimum atomic E-state index is -2.82. The Bertz CT molecular complexity index is 886. The number of rotatable bonds is 4. The molecular formula is C19H21F2N5O2. The van der Waals surface area contributed by atoms with Crippen LogP contribution in [0.4, 0.5) is 8.78 Å². The molecule has 4 rings (SSSR count). The largest absolute Gasteiger partial charge is 0.338 e. The second-order valence-electron chi connectivity index (χ2n) is 7.39. The summed E-state index contributed by atoms with van der Waals surface area (Å²) in [6, 6.07) is 3.75. The SMILES string of the molecule is Cn1cc(C(=O)N2C[C@@H]3CCN(Cc4cccnc4)C(=O)[C@@H]3C2)c(C(F)F)n1. The summed E-state index contributed by atoms with van der Waals surface area (Å²) in [6.07, 6.45) is 2.71. The van der Waals surface area contributed by atoms with Crippen molar-refractivity contribution in [2.24, 2.45) is 18.9 Å². The number of likely N-dealkylation sites (tertiary alicyclic amines) is 2. The zero-order valence-corrected chi connectivity index (χ0v) is 15.5. The maximum Gasteiger partial charge on any atom is 0.282 e. The quantitative estimate of drug-likeness (QED) is 0.801. The van der Waals surface area contributed by atoms with Crippen LogP contribution in [0, 0.1) is 11.8 Å². The number of nitrogens with zero attached hydrogens (tertiary/aromatic N) is 5. The molecule has 0 unspecified atom stereocenters. The number of carbonyl (C=O) groups is 2. The third-order valence-corrected chi connectivity index (χ3v) is 5.52. The molecule has 2 aliphatic rings. The Morgan fingerprint density at radius 2 is 2.18 bits per heavy atom. The lowest BCUT2D eigenvalue weighted by molar-refractivity contribution is -0.140. The molecule has 9 heteroatoms. The normalized spacial score (nSPS) is 22.1. The molecule has 2 aromatic heterocycles. The van der Waals surface area contributed by atoms with Crippen molar-refractivity contribution < 1.29 is 18.4 Å². The summed E-state index contributed by atoms with van der Waals surface area (Å²) in [6.45, 7) is 1.77. The summed E-state index contributed by atoms with van der Waals surface area (Å²) in [5.41, 5.74) is 0.361. The molecule has 2 fully saturated rings. The summed E-state index contributed by atoms with van der Waals surface area (Å²) in [5.74, 6) is -0.700. The van der Waals surface area contributed by atoms with Crippen molar-refractivity contribution >= 4 is 11.8 Å². The van der Waals surface area contributed by atoms with E-state index < -0.39 is 18.0 Å². The molecule has 2 atom stereocenters. The van der Waals surface area contributed by atoms with Crippen LogP contribution in [0.2, 0.25) is 0 Å². The molecule has 7 nitrogen and oxygen atoms in total. The van der Waals surface area contributed by atoms with Crippen molar-refractivity contribution in [1.29, 1.82) is 0 Å². The fourth-order valence-electron chi connectivity index (χ4n) is 4.15. The molecule has 2 amide bonds. The van der Waals surface area contributed by atoms with Gasteiger partial charge >= 0.3 is 0 Å². The number of aryl methyl sites for hydroxylation is 1. The minimum absolute atomic E-state index is 0.00988. The number of halogens is 2. The van der Waals surface area contributed by atoms with E-state index in [1.54, 1.807) is 17.3 Å². The first-order valence-corrected chi connectivity index (χ1v) is 9.22. The number of aromatic nitrogens is 3. The third-order valence-electron chi connectivity index (χ3n) is 5.52. The van der Waals surface area contributed by atoms with Gasteiger partial charge in [-0.25, -0.2) is 8.78 Å². The highest BCUT2D eigenvalue weighted by atomic mass is 19.3. The zero-order chi connectivity index (χ0) is 19.8. The van der Waals surface area contributed by atoms with E-state index in [9.17, 15) is 18.4 Å². The van der Waals surface area contributed by atoms with Crippen LogP contribution in [0.3, 0.4) is 0 Å². The van der Waals surface area contributed by atoms with Crippen molar-refractivity contribution in [2.45, 2.75) is 19.4 Å². The van der Waals surface area contributed by atoms with E-state index in [0.717, 1.165) is 12.0 Å². The van der Waals surface area contributed by atoms with Crippen molar-refractivity contribution in [3.63, 3.8) is 0 Å². The molecule has 28 heavy (non-hydrogen) atoms. The first kappa shape index (κ1) is 18.5. The van der Waals surface area contributed by atoms with Crippen molar-refractivity contribution in [3.05, 3.63) is 47.5 Å². The van der Waals surface area contributed by atoms with Gasteiger partial charge in [0.15, 0.2) is 0 Å². The maximum atomic E-state index is 13.2. The Balaban J connectivity index is 1.47. The molecule has 0 saturated carbocycles. The maximum absolute atomic E-state index is 13.2. The van der Waals surface area contributed by atoms with E-state index in [1.807, 2.05) is 12.1 Å². The topological polar surface area (TPSA) is 71.3 Å². The Kier molecular flexibility index (Phi) is 4.82. The lowest BCUT2D eigenvalue weighted by Crippen LogP contribution is -2.44. The lowest BCUT2D eigenvalue weighted by Gasteiger charge is -2.33. The van der Waals surface area contributed by atoms with E-state index in [-0.39, 0.29) is 29.9 Å². The van der Waals surface area contributed by atoms with E-state index in [2.05, 4.69) is 10.1 Å². The number of hydrogen-bond donors (Lipinski definition) is 0. The number of fused-ring (bicyclic) bond motifs is 1. The number of amides is 2. The van der Waals surface area contributed by atoms with Gasteiger partial charge in [0, 0.05) is 51.8 Å². The van der Waals surface area contributed by atoms with Crippen LogP contribution >= 0.6 is 0 Å². The molecule has 148 valence electrons. The van der Waals surface area contributed by atoms with Gasteiger partial charge in [-0.2, -0.15) is 5.10 Å². The van der Waals surface area contributed by atoms with Gasteiger partial charge in [0.2, 0.25) is 5.91 Å².